The zero-order valence-electron chi connectivity index (χ0n) is 10.2. The molecular formula is C13H18N2O3. The van der Waals surface area contributed by atoms with Crippen molar-refractivity contribution in [3.63, 3.8) is 0 Å². The van der Waals surface area contributed by atoms with Crippen LogP contribution >= 0.6 is 0 Å². The molecule has 0 saturated carbocycles. The quantitative estimate of drug-likeness (QED) is 0.718. The Hall–Kier alpha value is -1.75. The number of hydrogen-bond donors (Lipinski definition) is 3. The zero-order valence-corrected chi connectivity index (χ0v) is 10.2. The van der Waals surface area contributed by atoms with Crippen molar-refractivity contribution in [1.29, 1.82) is 0 Å². The number of rotatable bonds is 3. The molecule has 98 valence electrons. The summed E-state index contributed by atoms with van der Waals surface area (Å²) in [5, 5.41) is 14.7. The van der Waals surface area contributed by atoms with Gasteiger partial charge in [0.2, 0.25) is 0 Å². The number of urea groups is 1. The van der Waals surface area contributed by atoms with Crippen molar-refractivity contribution in [1.82, 2.24) is 5.32 Å². The number of benzene rings is 1. The summed E-state index contributed by atoms with van der Waals surface area (Å²) in [5.41, 5.74) is 0.664. The van der Waals surface area contributed by atoms with Crippen molar-refractivity contribution >= 4 is 11.7 Å². The van der Waals surface area contributed by atoms with E-state index in [-0.39, 0.29) is 11.8 Å². The first-order valence-electron chi connectivity index (χ1n) is 6.15. The van der Waals surface area contributed by atoms with Crippen molar-refractivity contribution in [2.75, 3.05) is 25.1 Å². The highest BCUT2D eigenvalue weighted by atomic mass is 16.5. The molecule has 1 aliphatic rings. The largest absolute Gasteiger partial charge is 0.508 e. The first-order chi connectivity index (χ1) is 8.74. The maximum absolute atomic E-state index is 11.6. The Morgan fingerprint density at radius 3 is 2.61 bits per heavy atom. The van der Waals surface area contributed by atoms with Crippen LogP contribution in [-0.2, 0) is 4.74 Å². The minimum absolute atomic E-state index is 0.183. The summed E-state index contributed by atoms with van der Waals surface area (Å²) >= 11 is 0. The van der Waals surface area contributed by atoms with Crippen LogP contribution in [0.25, 0.3) is 0 Å². The van der Waals surface area contributed by atoms with Crippen LogP contribution in [0.4, 0.5) is 10.5 Å². The molecule has 18 heavy (non-hydrogen) atoms. The highest BCUT2D eigenvalue weighted by molar-refractivity contribution is 5.89. The van der Waals surface area contributed by atoms with Gasteiger partial charge in [-0.1, -0.05) is 0 Å². The second-order valence-electron chi connectivity index (χ2n) is 4.44. The molecule has 0 atom stereocenters. The van der Waals surface area contributed by atoms with Gasteiger partial charge in [0.25, 0.3) is 0 Å². The Bertz CT molecular complexity index is 386. The summed E-state index contributed by atoms with van der Waals surface area (Å²) < 4.78 is 5.26. The Kier molecular flexibility index (Phi) is 4.41. The lowest BCUT2D eigenvalue weighted by Gasteiger charge is -2.22. The summed E-state index contributed by atoms with van der Waals surface area (Å²) in [6.45, 7) is 2.24. The Labute approximate surface area is 106 Å². The lowest BCUT2D eigenvalue weighted by molar-refractivity contribution is 0.0671. The number of anilines is 1. The predicted octanol–water partition coefficient (Wildman–Crippen LogP) is 1.94. The number of phenolic OH excluding ortho intramolecular Hbond substituents is 1. The van der Waals surface area contributed by atoms with Crippen LogP contribution in [0.2, 0.25) is 0 Å². The van der Waals surface area contributed by atoms with E-state index in [9.17, 15) is 4.79 Å². The molecule has 2 rings (SSSR count). The van der Waals surface area contributed by atoms with E-state index in [1.165, 1.54) is 12.1 Å². The molecule has 1 aromatic rings. The number of carbonyl (C=O) groups excluding carboxylic acids is 1. The molecule has 0 radical (unpaired) electrons. The van der Waals surface area contributed by atoms with Crippen LogP contribution < -0.4 is 10.6 Å². The van der Waals surface area contributed by atoms with E-state index in [2.05, 4.69) is 10.6 Å². The number of hydrogen-bond acceptors (Lipinski definition) is 3. The topological polar surface area (TPSA) is 70.6 Å². The van der Waals surface area contributed by atoms with E-state index >= 15 is 0 Å². The van der Waals surface area contributed by atoms with Crippen molar-refractivity contribution < 1.29 is 14.6 Å². The summed E-state index contributed by atoms with van der Waals surface area (Å²) in [5.74, 6) is 0.687. The van der Waals surface area contributed by atoms with Crippen LogP contribution in [0.3, 0.4) is 0 Å². The van der Waals surface area contributed by atoms with Gasteiger partial charge in [0.05, 0.1) is 0 Å². The first-order valence-corrected chi connectivity index (χ1v) is 6.15. The molecule has 2 amide bonds. The third-order valence-electron chi connectivity index (χ3n) is 3.02. The molecule has 0 unspecified atom stereocenters. The van der Waals surface area contributed by atoms with E-state index in [1.807, 2.05) is 0 Å². The van der Waals surface area contributed by atoms with Gasteiger partial charge in [0, 0.05) is 25.4 Å². The predicted molar refractivity (Wildman–Crippen MR) is 68.7 cm³/mol. The second-order valence-corrected chi connectivity index (χ2v) is 4.44. The molecule has 0 aromatic heterocycles. The average Bonchev–Trinajstić information content (AvgIpc) is 2.40. The van der Waals surface area contributed by atoms with E-state index in [1.54, 1.807) is 12.1 Å². The van der Waals surface area contributed by atoms with Crippen molar-refractivity contribution in [2.45, 2.75) is 12.8 Å². The molecule has 1 aliphatic heterocycles. The third-order valence-corrected chi connectivity index (χ3v) is 3.02. The fraction of sp³-hybridized carbons (Fsp3) is 0.462. The van der Waals surface area contributed by atoms with Crippen molar-refractivity contribution in [3.8, 4) is 5.75 Å². The van der Waals surface area contributed by atoms with Crippen molar-refractivity contribution in [3.05, 3.63) is 24.3 Å². The number of ether oxygens (including phenoxy) is 1. The summed E-state index contributed by atoms with van der Waals surface area (Å²) in [6.07, 6.45) is 2.00. The minimum Gasteiger partial charge on any atom is -0.508 e. The maximum atomic E-state index is 11.6. The van der Waals surface area contributed by atoms with E-state index in [4.69, 9.17) is 9.84 Å². The highest BCUT2D eigenvalue weighted by Crippen LogP contribution is 2.14. The molecule has 5 heteroatoms. The number of amides is 2. The van der Waals surface area contributed by atoms with Gasteiger partial charge < -0.3 is 20.5 Å². The molecule has 0 aliphatic carbocycles. The number of phenols is 1. The van der Waals surface area contributed by atoms with Gasteiger partial charge >= 0.3 is 6.03 Å². The zero-order chi connectivity index (χ0) is 12.8. The molecule has 3 N–H and O–H groups in total. The standard InChI is InChI=1S/C13H18N2O3/c16-12-3-1-11(2-4-12)15-13(17)14-9-10-5-7-18-8-6-10/h1-4,10,16H,5-9H2,(H2,14,15,17). The van der Waals surface area contributed by atoms with Gasteiger partial charge in [-0.15, -0.1) is 0 Å². The van der Waals surface area contributed by atoms with Crippen LogP contribution in [0.15, 0.2) is 24.3 Å². The monoisotopic (exact) mass is 250 g/mol. The van der Waals surface area contributed by atoms with E-state index in [0.29, 0.717) is 18.2 Å². The number of aromatic hydroxyl groups is 1. The summed E-state index contributed by atoms with van der Waals surface area (Å²) in [4.78, 5) is 11.6. The van der Waals surface area contributed by atoms with Gasteiger partial charge in [-0.2, -0.15) is 0 Å². The van der Waals surface area contributed by atoms with E-state index in [0.717, 1.165) is 26.1 Å². The van der Waals surface area contributed by atoms with Crippen LogP contribution in [0, 0.1) is 5.92 Å². The Balaban J connectivity index is 1.73. The van der Waals surface area contributed by atoms with Gasteiger partial charge in [-0.05, 0) is 43.0 Å². The molecule has 5 nitrogen and oxygen atoms in total. The lowest BCUT2D eigenvalue weighted by Crippen LogP contribution is -2.35. The number of nitrogens with one attached hydrogen (secondary N) is 2. The third kappa shape index (κ3) is 3.92. The van der Waals surface area contributed by atoms with E-state index < -0.39 is 0 Å². The molecule has 0 bridgehead atoms. The second kappa shape index (κ2) is 6.26. The molecule has 1 fully saturated rings. The summed E-state index contributed by atoms with van der Waals surface area (Å²) in [6, 6.07) is 6.17. The molecule has 0 spiro atoms. The highest BCUT2D eigenvalue weighted by Gasteiger charge is 2.14. The van der Waals surface area contributed by atoms with Gasteiger partial charge in [0.1, 0.15) is 5.75 Å². The van der Waals surface area contributed by atoms with Gasteiger partial charge in [-0.3, -0.25) is 0 Å². The molecule has 1 aromatic carbocycles. The Morgan fingerprint density at radius 1 is 1.28 bits per heavy atom. The normalized spacial score (nSPS) is 16.2. The SMILES string of the molecule is O=C(NCC1CCOCC1)Nc1ccc(O)cc1. The lowest BCUT2D eigenvalue weighted by atomic mass is 10.0. The first kappa shape index (κ1) is 12.7. The Morgan fingerprint density at radius 2 is 1.94 bits per heavy atom. The maximum Gasteiger partial charge on any atom is 0.319 e. The fourth-order valence-corrected chi connectivity index (χ4v) is 1.91. The average molecular weight is 250 g/mol. The number of carbonyl (C=O) groups is 1. The van der Waals surface area contributed by atoms with Crippen molar-refractivity contribution in [2.24, 2.45) is 5.92 Å². The smallest absolute Gasteiger partial charge is 0.319 e. The minimum atomic E-state index is -0.216. The molecular weight excluding hydrogens is 232 g/mol. The van der Waals surface area contributed by atoms with Gasteiger partial charge in [-0.25, -0.2) is 4.79 Å². The summed E-state index contributed by atoms with van der Waals surface area (Å²) in [7, 11) is 0. The van der Waals surface area contributed by atoms with Crippen LogP contribution in [-0.4, -0.2) is 30.9 Å². The van der Waals surface area contributed by atoms with Gasteiger partial charge in [0.15, 0.2) is 0 Å². The van der Waals surface area contributed by atoms with Crippen LogP contribution in [0.5, 0.6) is 5.75 Å². The fourth-order valence-electron chi connectivity index (χ4n) is 1.91. The molecule has 1 heterocycles. The molecule has 1 saturated heterocycles. The van der Waals surface area contributed by atoms with Crippen LogP contribution in [0.1, 0.15) is 12.8 Å².